The molecule has 2 amide bonds. The fourth-order valence-corrected chi connectivity index (χ4v) is 3.55. The van der Waals surface area contributed by atoms with E-state index in [0.29, 0.717) is 18.9 Å². The number of benzene rings is 2. The van der Waals surface area contributed by atoms with Crippen LogP contribution in [-0.2, 0) is 19.6 Å². The molecule has 2 aromatic rings. The van der Waals surface area contributed by atoms with Crippen molar-refractivity contribution in [2.45, 2.75) is 0 Å². The molecule has 2 aromatic carbocycles. The maximum atomic E-state index is 12.7. The van der Waals surface area contributed by atoms with Gasteiger partial charge in [-0.1, -0.05) is 24.3 Å². The summed E-state index contributed by atoms with van der Waals surface area (Å²) in [5.74, 6) is -0.676. The number of carbonyl (C=O) groups is 2. The van der Waals surface area contributed by atoms with Crippen LogP contribution in [-0.4, -0.2) is 60.4 Å². The molecule has 0 atom stereocenters. The van der Waals surface area contributed by atoms with E-state index in [2.05, 4.69) is 10.6 Å². The Morgan fingerprint density at radius 2 is 1.70 bits per heavy atom. The Kier molecular flexibility index (Phi) is 8.19. The number of sulfonamides is 1. The zero-order chi connectivity index (χ0) is 22.1. The molecule has 0 unspecified atom stereocenters. The van der Waals surface area contributed by atoms with Crippen LogP contribution in [0.25, 0.3) is 0 Å². The molecule has 2 rings (SSSR count). The van der Waals surface area contributed by atoms with Crippen molar-refractivity contribution < 1.29 is 27.5 Å². The fourth-order valence-electron chi connectivity index (χ4n) is 2.69. The van der Waals surface area contributed by atoms with Gasteiger partial charge in [-0.25, -0.2) is 8.42 Å². The predicted octanol–water partition coefficient (Wildman–Crippen LogP) is 1.48. The summed E-state index contributed by atoms with van der Waals surface area (Å²) in [6, 6.07) is 12.9. The van der Waals surface area contributed by atoms with Crippen molar-refractivity contribution in [1.29, 1.82) is 0 Å². The Hall–Kier alpha value is -3.11. The standard InChI is InChI=1S/C20H25N3O6S/c1-28-13-12-21-20(25)15-8-4-5-9-16(15)22-19(24)14-23(30(3,26)27)17-10-6-7-11-18(17)29-2/h4-11H,12-14H2,1-3H3,(H,21,25)(H,22,24). The Morgan fingerprint density at radius 1 is 1.03 bits per heavy atom. The summed E-state index contributed by atoms with van der Waals surface area (Å²) >= 11 is 0. The van der Waals surface area contributed by atoms with Crippen molar-refractivity contribution in [3.8, 4) is 5.75 Å². The van der Waals surface area contributed by atoms with Crippen LogP contribution in [0.1, 0.15) is 10.4 Å². The normalized spacial score (nSPS) is 10.9. The molecule has 0 aromatic heterocycles. The van der Waals surface area contributed by atoms with E-state index in [1.165, 1.54) is 14.2 Å². The zero-order valence-corrected chi connectivity index (χ0v) is 17.9. The highest BCUT2D eigenvalue weighted by Crippen LogP contribution is 2.29. The van der Waals surface area contributed by atoms with Crippen LogP contribution in [0, 0.1) is 0 Å². The summed E-state index contributed by atoms with van der Waals surface area (Å²) in [7, 11) is -0.842. The molecule has 9 nitrogen and oxygen atoms in total. The Balaban J connectivity index is 2.22. The summed E-state index contributed by atoms with van der Waals surface area (Å²) in [5, 5.41) is 5.30. The predicted molar refractivity (Wildman–Crippen MR) is 114 cm³/mol. The lowest BCUT2D eigenvalue weighted by Crippen LogP contribution is -2.38. The highest BCUT2D eigenvalue weighted by atomic mass is 32.2. The molecule has 0 spiro atoms. The van der Waals surface area contributed by atoms with Gasteiger partial charge in [0.15, 0.2) is 0 Å². The van der Waals surface area contributed by atoms with Gasteiger partial charge in [0.1, 0.15) is 12.3 Å². The topological polar surface area (TPSA) is 114 Å². The summed E-state index contributed by atoms with van der Waals surface area (Å²) in [6.45, 7) is 0.175. The van der Waals surface area contributed by atoms with Crippen molar-refractivity contribution in [2.24, 2.45) is 0 Å². The van der Waals surface area contributed by atoms with Gasteiger partial charge in [0, 0.05) is 13.7 Å². The second-order valence-electron chi connectivity index (χ2n) is 6.28. The largest absolute Gasteiger partial charge is 0.495 e. The third kappa shape index (κ3) is 6.19. The molecule has 0 saturated carbocycles. The Bertz CT molecular complexity index is 994. The van der Waals surface area contributed by atoms with Gasteiger partial charge >= 0.3 is 0 Å². The van der Waals surface area contributed by atoms with E-state index in [9.17, 15) is 18.0 Å². The summed E-state index contributed by atoms with van der Waals surface area (Å²) < 4.78 is 35.7. The van der Waals surface area contributed by atoms with Crippen molar-refractivity contribution >= 4 is 33.2 Å². The van der Waals surface area contributed by atoms with Crippen molar-refractivity contribution in [1.82, 2.24) is 5.32 Å². The minimum atomic E-state index is -3.78. The van der Waals surface area contributed by atoms with E-state index in [1.54, 1.807) is 48.5 Å². The number of anilines is 2. The number of nitrogens with zero attached hydrogens (tertiary/aromatic N) is 1. The molecule has 0 radical (unpaired) electrons. The first-order valence-electron chi connectivity index (χ1n) is 9.04. The third-order valence-electron chi connectivity index (χ3n) is 4.08. The lowest BCUT2D eigenvalue weighted by Gasteiger charge is -2.23. The maximum absolute atomic E-state index is 12.7. The van der Waals surface area contributed by atoms with Crippen molar-refractivity contribution in [2.75, 3.05) is 49.8 Å². The van der Waals surface area contributed by atoms with E-state index < -0.39 is 22.5 Å². The molecule has 0 heterocycles. The van der Waals surface area contributed by atoms with Gasteiger partial charge in [0.05, 0.1) is 36.9 Å². The Labute approximate surface area is 176 Å². The van der Waals surface area contributed by atoms with Crippen LogP contribution >= 0.6 is 0 Å². The van der Waals surface area contributed by atoms with E-state index in [0.717, 1.165) is 10.6 Å². The number of para-hydroxylation sites is 3. The first-order valence-corrected chi connectivity index (χ1v) is 10.9. The zero-order valence-electron chi connectivity index (χ0n) is 17.0. The first-order chi connectivity index (χ1) is 14.3. The average molecular weight is 436 g/mol. The average Bonchev–Trinajstić information content (AvgIpc) is 2.71. The monoisotopic (exact) mass is 435 g/mol. The number of carbonyl (C=O) groups excluding carboxylic acids is 2. The highest BCUT2D eigenvalue weighted by molar-refractivity contribution is 7.92. The van der Waals surface area contributed by atoms with Crippen LogP contribution in [0.15, 0.2) is 48.5 Å². The van der Waals surface area contributed by atoms with Gasteiger partial charge in [-0.15, -0.1) is 0 Å². The number of amides is 2. The molecule has 0 fully saturated rings. The van der Waals surface area contributed by atoms with E-state index in [4.69, 9.17) is 9.47 Å². The van der Waals surface area contributed by atoms with Gasteiger partial charge in [0.25, 0.3) is 5.91 Å². The second kappa shape index (κ2) is 10.6. The van der Waals surface area contributed by atoms with Crippen molar-refractivity contribution in [3.63, 3.8) is 0 Å². The molecule has 30 heavy (non-hydrogen) atoms. The minimum Gasteiger partial charge on any atom is -0.495 e. The molecule has 0 aliphatic carbocycles. The molecular formula is C20H25N3O6S. The van der Waals surface area contributed by atoms with Gasteiger partial charge < -0.3 is 20.1 Å². The van der Waals surface area contributed by atoms with E-state index in [-0.39, 0.29) is 22.8 Å². The number of rotatable bonds is 10. The molecule has 162 valence electrons. The van der Waals surface area contributed by atoms with Gasteiger partial charge in [-0.3, -0.25) is 13.9 Å². The number of hydrogen-bond donors (Lipinski definition) is 2. The summed E-state index contributed by atoms with van der Waals surface area (Å²) in [4.78, 5) is 25.0. The molecule has 2 N–H and O–H groups in total. The SMILES string of the molecule is COCCNC(=O)c1ccccc1NC(=O)CN(c1ccccc1OC)S(C)(=O)=O. The number of hydrogen-bond acceptors (Lipinski definition) is 6. The fraction of sp³-hybridized carbons (Fsp3) is 0.300. The molecule has 0 bridgehead atoms. The quantitative estimate of drug-likeness (QED) is 0.547. The lowest BCUT2D eigenvalue weighted by atomic mass is 10.1. The summed E-state index contributed by atoms with van der Waals surface area (Å²) in [6.07, 6.45) is 1.00. The van der Waals surface area contributed by atoms with Gasteiger partial charge in [-0.05, 0) is 24.3 Å². The molecule has 10 heteroatoms. The first kappa shape index (κ1) is 23.2. The van der Waals surface area contributed by atoms with Crippen LogP contribution in [0.3, 0.4) is 0 Å². The van der Waals surface area contributed by atoms with Gasteiger partial charge in [0.2, 0.25) is 15.9 Å². The van der Waals surface area contributed by atoms with Crippen molar-refractivity contribution in [3.05, 3.63) is 54.1 Å². The Morgan fingerprint density at radius 3 is 2.37 bits per heavy atom. The number of methoxy groups -OCH3 is 2. The maximum Gasteiger partial charge on any atom is 0.253 e. The smallest absolute Gasteiger partial charge is 0.253 e. The number of nitrogens with one attached hydrogen (secondary N) is 2. The number of ether oxygens (including phenoxy) is 2. The van der Waals surface area contributed by atoms with Gasteiger partial charge in [-0.2, -0.15) is 0 Å². The second-order valence-corrected chi connectivity index (χ2v) is 8.19. The molecule has 0 aliphatic rings. The van der Waals surface area contributed by atoms with Crippen LogP contribution in [0.4, 0.5) is 11.4 Å². The highest BCUT2D eigenvalue weighted by Gasteiger charge is 2.24. The molecule has 0 saturated heterocycles. The third-order valence-corrected chi connectivity index (χ3v) is 5.21. The molecular weight excluding hydrogens is 410 g/mol. The van der Waals surface area contributed by atoms with E-state index in [1.807, 2.05) is 0 Å². The van der Waals surface area contributed by atoms with E-state index >= 15 is 0 Å². The van der Waals surface area contributed by atoms with Crippen LogP contribution in [0.2, 0.25) is 0 Å². The summed E-state index contributed by atoms with van der Waals surface area (Å²) in [5.41, 5.74) is 0.763. The van der Waals surface area contributed by atoms with Crippen LogP contribution < -0.4 is 19.7 Å². The lowest BCUT2D eigenvalue weighted by molar-refractivity contribution is -0.114. The minimum absolute atomic E-state index is 0.239. The van der Waals surface area contributed by atoms with Crippen LogP contribution in [0.5, 0.6) is 5.75 Å². The molecule has 0 aliphatic heterocycles.